The van der Waals surface area contributed by atoms with E-state index in [0.717, 1.165) is 73.8 Å². The van der Waals surface area contributed by atoms with E-state index < -0.39 is 0 Å². The van der Waals surface area contributed by atoms with E-state index in [-0.39, 0.29) is 5.82 Å². The summed E-state index contributed by atoms with van der Waals surface area (Å²) in [5.74, 6) is 0.597. The van der Waals surface area contributed by atoms with Gasteiger partial charge in [0.2, 0.25) is 6.41 Å². The number of carbonyl (C=O) groups is 1. The summed E-state index contributed by atoms with van der Waals surface area (Å²) in [5.41, 5.74) is 4.67. The third-order valence-electron chi connectivity index (χ3n) is 6.35. The number of methoxy groups -OCH3 is 1. The van der Waals surface area contributed by atoms with Gasteiger partial charge in [0.05, 0.1) is 13.4 Å². The highest BCUT2D eigenvalue weighted by atomic mass is 19.1. The summed E-state index contributed by atoms with van der Waals surface area (Å²) in [6.45, 7) is 16.0. The van der Waals surface area contributed by atoms with Gasteiger partial charge in [-0.3, -0.25) is 9.69 Å². The average Bonchev–Trinajstić information content (AvgIpc) is 2.99. The number of hydrogen-bond acceptors (Lipinski definition) is 6. The molecule has 1 saturated heterocycles. The van der Waals surface area contributed by atoms with Crippen LogP contribution in [-0.2, 0) is 9.53 Å². The first-order valence-corrected chi connectivity index (χ1v) is 14.9. The Labute approximate surface area is 259 Å². The second kappa shape index (κ2) is 21.9. The number of nitrogens with zero attached hydrogens (tertiary/aromatic N) is 4. The molecule has 236 valence electrons. The highest BCUT2D eigenvalue weighted by molar-refractivity contribution is 5.66. The second-order valence-electron chi connectivity index (χ2n) is 10.7. The fourth-order valence-electron chi connectivity index (χ4n) is 3.84. The third kappa shape index (κ3) is 15.9. The van der Waals surface area contributed by atoms with Crippen molar-refractivity contribution < 1.29 is 13.9 Å². The molecule has 0 radical (unpaired) electrons. The monoisotopic (exact) mass is 593 g/mol. The maximum atomic E-state index is 13.4. The predicted molar refractivity (Wildman–Crippen MR) is 180 cm³/mol. The second-order valence-corrected chi connectivity index (χ2v) is 10.7. The largest absolute Gasteiger partial charge is 0.504 e. The number of likely N-dealkylation sites (N-methyl/N-ethyl adjacent to an activating group) is 1. The van der Waals surface area contributed by atoms with Gasteiger partial charge >= 0.3 is 0 Å². The Morgan fingerprint density at radius 3 is 2.30 bits per heavy atom. The first kappa shape index (κ1) is 37.3. The Balaban J connectivity index is 0.000000480. The summed E-state index contributed by atoms with van der Waals surface area (Å²) in [7, 11) is 5.78. The summed E-state index contributed by atoms with van der Waals surface area (Å²) in [4.78, 5) is 21.3. The number of rotatable bonds is 11. The lowest BCUT2D eigenvalue weighted by molar-refractivity contribution is -0.119. The van der Waals surface area contributed by atoms with Crippen LogP contribution in [0.15, 0.2) is 78.9 Å². The van der Waals surface area contributed by atoms with Crippen LogP contribution in [0.1, 0.15) is 38.3 Å². The van der Waals surface area contributed by atoms with Crippen LogP contribution in [0.3, 0.4) is 0 Å². The minimum absolute atomic E-state index is 0.195. The number of hydrogen-bond donors (Lipinski definition) is 1. The molecular weight excluding hydrogens is 541 g/mol. The molecule has 1 amide bonds. The van der Waals surface area contributed by atoms with E-state index >= 15 is 0 Å². The van der Waals surface area contributed by atoms with Gasteiger partial charge in [0.1, 0.15) is 11.6 Å². The van der Waals surface area contributed by atoms with Crippen LogP contribution >= 0.6 is 0 Å². The zero-order valence-corrected chi connectivity index (χ0v) is 27.4. The van der Waals surface area contributed by atoms with Gasteiger partial charge in [-0.1, -0.05) is 44.6 Å². The van der Waals surface area contributed by atoms with E-state index in [1.165, 1.54) is 12.5 Å². The van der Waals surface area contributed by atoms with Crippen molar-refractivity contribution >= 4 is 12.2 Å². The Bertz CT molecular complexity index is 1200. The van der Waals surface area contributed by atoms with Gasteiger partial charge in [0.15, 0.2) is 0 Å². The maximum Gasteiger partial charge on any atom is 0.209 e. The van der Waals surface area contributed by atoms with Gasteiger partial charge in [-0.05, 0) is 87.5 Å². The summed E-state index contributed by atoms with van der Waals surface area (Å²) >= 11 is 0. The van der Waals surface area contributed by atoms with Crippen molar-refractivity contribution in [1.82, 2.24) is 19.7 Å². The summed E-state index contributed by atoms with van der Waals surface area (Å²) in [6.07, 6.45) is 17.1. The van der Waals surface area contributed by atoms with Crippen LogP contribution in [0.25, 0.3) is 11.1 Å². The van der Waals surface area contributed by atoms with Crippen LogP contribution < -0.4 is 5.32 Å². The number of amides is 1. The van der Waals surface area contributed by atoms with Crippen molar-refractivity contribution in [2.45, 2.75) is 41.0 Å². The predicted octanol–water partition coefficient (Wildman–Crippen LogP) is 6.83. The van der Waals surface area contributed by atoms with Gasteiger partial charge in [-0.15, -0.1) is 0 Å². The molecule has 0 atom stereocenters. The van der Waals surface area contributed by atoms with E-state index in [1.807, 2.05) is 67.5 Å². The molecule has 8 heteroatoms. The standard InChI is InChI=1S/C23H25FN2O.C9H19N3O.C3H8/c1-17(8-6-5-7-13-27-4)11-12-25-23-19(3)15-21(16-26-23)20-9-10-22(24)18(2)14-20;1-10(2)3-4-11-5-7-12(9-13)8-6-11;1-3-2/h5-16H,1-4H3,(H,25,26);9H,3-8H2,1-2H3;3H2,1-2H3/b6-5-,12-11+,13-7+,17-8+;;. The van der Waals surface area contributed by atoms with Crippen molar-refractivity contribution in [1.29, 1.82) is 0 Å². The quantitative estimate of drug-likeness (QED) is 0.175. The van der Waals surface area contributed by atoms with Crippen LogP contribution in [0.2, 0.25) is 0 Å². The fraction of sp³-hybridized carbons (Fsp3) is 0.429. The maximum absolute atomic E-state index is 13.4. The van der Waals surface area contributed by atoms with Crippen molar-refractivity contribution in [3.05, 3.63) is 95.8 Å². The van der Waals surface area contributed by atoms with E-state index in [0.29, 0.717) is 5.56 Å². The zero-order chi connectivity index (χ0) is 32.0. The van der Waals surface area contributed by atoms with Gasteiger partial charge in [0.25, 0.3) is 0 Å². The van der Waals surface area contributed by atoms with Crippen LogP contribution in [-0.4, -0.2) is 86.6 Å². The molecule has 2 aromatic rings. The number of piperazine rings is 1. The minimum atomic E-state index is -0.195. The van der Waals surface area contributed by atoms with Gasteiger partial charge in [0, 0.05) is 57.2 Å². The molecule has 7 nitrogen and oxygen atoms in total. The SMILES string of the molecule is CCC.CN(C)CCN1CCN(C=O)CC1.CO/C=C/C=C\C=C(C)\C=C\Nc1ncc(-c2ccc(F)c(C)c2)cc1C. The molecule has 1 aromatic carbocycles. The van der Waals surface area contributed by atoms with Gasteiger partial charge < -0.3 is 19.9 Å². The molecule has 1 N–H and O–H groups in total. The number of allylic oxidation sites excluding steroid dienone is 6. The molecule has 1 aromatic heterocycles. The van der Waals surface area contributed by atoms with Crippen molar-refractivity contribution in [2.75, 3.05) is 65.8 Å². The number of carbonyl (C=O) groups excluding carboxylic acids is 1. The Morgan fingerprint density at radius 1 is 1.05 bits per heavy atom. The number of anilines is 1. The van der Waals surface area contributed by atoms with E-state index in [4.69, 9.17) is 4.74 Å². The molecule has 0 saturated carbocycles. The number of nitrogens with one attached hydrogen (secondary N) is 1. The minimum Gasteiger partial charge on any atom is -0.504 e. The molecule has 1 aliphatic heterocycles. The lowest BCUT2D eigenvalue weighted by Crippen LogP contribution is -2.47. The lowest BCUT2D eigenvalue weighted by Gasteiger charge is -2.32. The number of pyridine rings is 1. The summed E-state index contributed by atoms with van der Waals surface area (Å²) in [5, 5.41) is 3.20. The lowest BCUT2D eigenvalue weighted by atomic mass is 10.0. The Hall–Kier alpha value is -3.75. The van der Waals surface area contributed by atoms with E-state index in [1.54, 1.807) is 32.6 Å². The van der Waals surface area contributed by atoms with Crippen molar-refractivity contribution in [2.24, 2.45) is 0 Å². The van der Waals surface area contributed by atoms with Crippen LogP contribution in [0, 0.1) is 19.7 Å². The van der Waals surface area contributed by atoms with Crippen molar-refractivity contribution in [3.63, 3.8) is 0 Å². The Kier molecular flexibility index (Phi) is 19.0. The molecule has 1 fully saturated rings. The molecule has 0 bridgehead atoms. The Morgan fingerprint density at radius 2 is 1.72 bits per heavy atom. The molecule has 43 heavy (non-hydrogen) atoms. The number of ether oxygens (including phenoxy) is 1. The average molecular weight is 594 g/mol. The highest BCUT2D eigenvalue weighted by Crippen LogP contribution is 2.24. The van der Waals surface area contributed by atoms with Crippen LogP contribution in [0.4, 0.5) is 10.2 Å². The van der Waals surface area contributed by atoms with Gasteiger partial charge in [-0.25, -0.2) is 9.37 Å². The summed E-state index contributed by atoms with van der Waals surface area (Å²) in [6, 6.07) is 7.14. The first-order chi connectivity index (χ1) is 20.6. The highest BCUT2D eigenvalue weighted by Gasteiger charge is 2.14. The number of aromatic nitrogens is 1. The molecule has 1 aliphatic rings. The number of halogens is 1. The molecular formula is C35H52FN5O2. The summed E-state index contributed by atoms with van der Waals surface area (Å²) < 4.78 is 18.3. The van der Waals surface area contributed by atoms with E-state index in [9.17, 15) is 9.18 Å². The molecule has 0 aliphatic carbocycles. The molecule has 0 spiro atoms. The molecule has 0 unspecified atom stereocenters. The topological polar surface area (TPSA) is 60.9 Å². The normalized spacial score (nSPS) is 14.1. The first-order valence-electron chi connectivity index (χ1n) is 14.9. The number of aryl methyl sites for hydroxylation is 2. The molecule has 3 rings (SSSR count). The van der Waals surface area contributed by atoms with Gasteiger partial charge in [-0.2, -0.15) is 0 Å². The zero-order valence-electron chi connectivity index (χ0n) is 27.4. The third-order valence-corrected chi connectivity index (χ3v) is 6.35. The number of benzene rings is 1. The fourth-order valence-corrected chi connectivity index (χ4v) is 3.84. The van der Waals surface area contributed by atoms with Crippen LogP contribution in [0.5, 0.6) is 0 Å². The molecule has 2 heterocycles. The van der Waals surface area contributed by atoms with E-state index in [2.05, 4.69) is 48.0 Å². The smallest absolute Gasteiger partial charge is 0.209 e. The van der Waals surface area contributed by atoms with Crippen molar-refractivity contribution in [3.8, 4) is 11.1 Å².